The number of rotatable bonds is 6. The van der Waals surface area contributed by atoms with Gasteiger partial charge in [-0.05, 0) is 25.1 Å². The van der Waals surface area contributed by atoms with E-state index in [4.69, 9.17) is 11.6 Å². The van der Waals surface area contributed by atoms with E-state index in [9.17, 15) is 9.90 Å². The average Bonchev–Trinajstić information content (AvgIpc) is 2.90. The number of amides is 1. The first-order valence-corrected chi connectivity index (χ1v) is 7.29. The molecule has 0 radical (unpaired) electrons. The molecule has 22 heavy (non-hydrogen) atoms. The van der Waals surface area contributed by atoms with Gasteiger partial charge in [-0.3, -0.25) is 14.8 Å². The maximum Gasteiger partial charge on any atom is 0.241 e. The van der Waals surface area contributed by atoms with Gasteiger partial charge < -0.3 is 10.4 Å². The Labute approximate surface area is 134 Å². The fraction of sp³-hybridized carbons (Fsp3) is 0.333. The van der Waals surface area contributed by atoms with E-state index < -0.39 is 6.04 Å². The summed E-state index contributed by atoms with van der Waals surface area (Å²) in [5, 5.41) is 20.0. The molecule has 0 aliphatic carbocycles. The van der Waals surface area contributed by atoms with E-state index in [1.165, 1.54) is 0 Å². The number of benzene rings is 1. The highest BCUT2D eigenvalue weighted by molar-refractivity contribution is 6.30. The maximum absolute atomic E-state index is 12.2. The number of carbonyl (C=O) groups excluding carboxylic acids is 1. The monoisotopic (exact) mass is 322 g/mol. The van der Waals surface area contributed by atoms with E-state index in [-0.39, 0.29) is 18.6 Å². The van der Waals surface area contributed by atoms with Crippen molar-refractivity contribution in [1.82, 2.24) is 15.1 Å². The van der Waals surface area contributed by atoms with Crippen LogP contribution in [-0.4, -0.2) is 33.4 Å². The molecule has 7 heteroatoms. The first-order valence-electron chi connectivity index (χ1n) is 6.91. The van der Waals surface area contributed by atoms with Crippen molar-refractivity contribution in [2.45, 2.75) is 19.0 Å². The topological polar surface area (TPSA) is 79.2 Å². The minimum Gasteiger partial charge on any atom is -0.394 e. The Kier molecular flexibility index (Phi) is 5.54. The second-order valence-electron chi connectivity index (χ2n) is 5.07. The molecule has 2 aromatic rings. The fourth-order valence-corrected chi connectivity index (χ4v) is 2.26. The lowest BCUT2D eigenvalue weighted by Crippen LogP contribution is -2.41. The summed E-state index contributed by atoms with van der Waals surface area (Å²) in [5.41, 5.74) is 1.46. The summed E-state index contributed by atoms with van der Waals surface area (Å²) in [5.74, 6) is -0.204. The van der Waals surface area contributed by atoms with Crippen molar-refractivity contribution in [2.24, 2.45) is 7.05 Å². The van der Waals surface area contributed by atoms with Crippen LogP contribution in [0.1, 0.15) is 18.5 Å². The summed E-state index contributed by atoms with van der Waals surface area (Å²) < 4.78 is 1.65. The molecule has 0 fully saturated rings. The van der Waals surface area contributed by atoms with Gasteiger partial charge in [0.05, 0.1) is 24.9 Å². The van der Waals surface area contributed by atoms with E-state index in [2.05, 4.69) is 15.7 Å². The summed E-state index contributed by atoms with van der Waals surface area (Å²) in [6.07, 6.45) is 3.46. The third-order valence-electron chi connectivity index (χ3n) is 3.25. The van der Waals surface area contributed by atoms with Gasteiger partial charge in [0, 0.05) is 29.5 Å². The minimum atomic E-state index is -0.490. The molecule has 0 bridgehead atoms. The Morgan fingerprint density at radius 1 is 1.50 bits per heavy atom. The molecule has 1 heterocycles. The molecule has 0 saturated heterocycles. The first kappa shape index (κ1) is 16.5. The van der Waals surface area contributed by atoms with Gasteiger partial charge >= 0.3 is 0 Å². The predicted molar refractivity (Wildman–Crippen MR) is 85.7 cm³/mol. The maximum atomic E-state index is 12.2. The molecule has 1 aromatic heterocycles. The molecule has 2 atom stereocenters. The standard InChI is InChI=1S/C15H19ClN4O2/c1-10(15(22)19-13-5-3-4-12(16)6-13)18-14(9-21)11-7-17-20(2)8-11/h3-8,10,14,18,21H,9H2,1-2H3,(H,19,22). The van der Waals surface area contributed by atoms with Gasteiger partial charge in [-0.15, -0.1) is 0 Å². The molecule has 1 aromatic carbocycles. The number of carbonyl (C=O) groups is 1. The Bertz CT molecular complexity index is 644. The number of nitrogens with one attached hydrogen (secondary N) is 2. The quantitative estimate of drug-likeness (QED) is 0.756. The molecule has 0 aliphatic heterocycles. The van der Waals surface area contributed by atoms with Crippen LogP contribution in [0, 0.1) is 0 Å². The van der Waals surface area contributed by atoms with Gasteiger partial charge in [0.15, 0.2) is 0 Å². The van der Waals surface area contributed by atoms with Gasteiger partial charge in [-0.1, -0.05) is 17.7 Å². The molecular weight excluding hydrogens is 304 g/mol. The third kappa shape index (κ3) is 4.30. The molecule has 0 saturated carbocycles. The number of aliphatic hydroxyl groups is 1. The van der Waals surface area contributed by atoms with Crippen LogP contribution in [-0.2, 0) is 11.8 Å². The zero-order valence-corrected chi connectivity index (χ0v) is 13.2. The summed E-state index contributed by atoms with van der Waals surface area (Å²) >= 11 is 5.89. The number of aliphatic hydroxyl groups excluding tert-OH is 1. The van der Waals surface area contributed by atoms with Gasteiger partial charge in [-0.25, -0.2) is 0 Å². The van der Waals surface area contributed by atoms with Crippen molar-refractivity contribution in [3.63, 3.8) is 0 Å². The Morgan fingerprint density at radius 2 is 2.27 bits per heavy atom. The van der Waals surface area contributed by atoms with Crippen LogP contribution in [0.2, 0.25) is 5.02 Å². The lowest BCUT2D eigenvalue weighted by Gasteiger charge is -2.20. The average molecular weight is 323 g/mol. The number of aromatic nitrogens is 2. The number of aryl methyl sites for hydroxylation is 1. The smallest absolute Gasteiger partial charge is 0.241 e. The van der Waals surface area contributed by atoms with Crippen LogP contribution in [0.25, 0.3) is 0 Å². The first-order chi connectivity index (χ1) is 10.5. The van der Waals surface area contributed by atoms with Crippen molar-refractivity contribution < 1.29 is 9.90 Å². The van der Waals surface area contributed by atoms with Crippen LogP contribution >= 0.6 is 11.6 Å². The highest BCUT2D eigenvalue weighted by Gasteiger charge is 2.19. The molecule has 1 amide bonds. The second kappa shape index (κ2) is 7.40. The second-order valence-corrected chi connectivity index (χ2v) is 5.51. The fourth-order valence-electron chi connectivity index (χ4n) is 2.07. The number of hydrogen-bond donors (Lipinski definition) is 3. The van der Waals surface area contributed by atoms with Crippen molar-refractivity contribution >= 4 is 23.2 Å². The van der Waals surface area contributed by atoms with Crippen molar-refractivity contribution in [1.29, 1.82) is 0 Å². The highest BCUT2D eigenvalue weighted by atomic mass is 35.5. The van der Waals surface area contributed by atoms with Crippen molar-refractivity contribution in [2.75, 3.05) is 11.9 Å². The third-order valence-corrected chi connectivity index (χ3v) is 3.48. The summed E-state index contributed by atoms with van der Waals surface area (Å²) in [4.78, 5) is 12.2. The van der Waals surface area contributed by atoms with E-state index in [0.29, 0.717) is 10.7 Å². The molecular formula is C15H19ClN4O2. The number of nitrogens with zero attached hydrogens (tertiary/aromatic N) is 2. The zero-order chi connectivity index (χ0) is 16.1. The van der Waals surface area contributed by atoms with Crippen LogP contribution in [0.5, 0.6) is 0 Å². The number of anilines is 1. The van der Waals surface area contributed by atoms with Gasteiger partial charge in [0.25, 0.3) is 0 Å². The van der Waals surface area contributed by atoms with Crippen LogP contribution in [0.15, 0.2) is 36.7 Å². The van der Waals surface area contributed by atoms with Crippen LogP contribution < -0.4 is 10.6 Å². The summed E-state index contributed by atoms with van der Waals surface area (Å²) in [6, 6.07) is 6.11. The molecule has 6 nitrogen and oxygen atoms in total. The largest absolute Gasteiger partial charge is 0.394 e. The van der Waals surface area contributed by atoms with E-state index in [1.54, 1.807) is 55.3 Å². The van der Waals surface area contributed by atoms with Crippen molar-refractivity contribution in [3.05, 3.63) is 47.2 Å². The molecule has 2 rings (SSSR count). The molecule has 2 unspecified atom stereocenters. The molecule has 0 aliphatic rings. The van der Waals surface area contributed by atoms with E-state index >= 15 is 0 Å². The highest BCUT2D eigenvalue weighted by Crippen LogP contribution is 2.16. The Hall–Kier alpha value is -1.89. The lowest BCUT2D eigenvalue weighted by atomic mass is 10.1. The Balaban J connectivity index is 1.98. The van der Waals surface area contributed by atoms with E-state index in [0.717, 1.165) is 5.56 Å². The molecule has 118 valence electrons. The molecule has 3 N–H and O–H groups in total. The summed E-state index contributed by atoms with van der Waals surface area (Å²) in [6.45, 7) is 1.61. The van der Waals surface area contributed by atoms with Gasteiger partial charge in [-0.2, -0.15) is 5.10 Å². The minimum absolute atomic E-state index is 0.125. The van der Waals surface area contributed by atoms with Crippen LogP contribution in [0.3, 0.4) is 0 Å². The Morgan fingerprint density at radius 3 is 2.86 bits per heavy atom. The van der Waals surface area contributed by atoms with E-state index in [1.807, 2.05) is 0 Å². The van der Waals surface area contributed by atoms with Crippen LogP contribution in [0.4, 0.5) is 5.69 Å². The van der Waals surface area contributed by atoms with Gasteiger partial charge in [0.1, 0.15) is 0 Å². The normalized spacial score (nSPS) is 13.6. The zero-order valence-electron chi connectivity index (χ0n) is 12.5. The SMILES string of the molecule is CC(NC(CO)c1cnn(C)c1)C(=O)Nc1cccc(Cl)c1. The molecule has 0 spiro atoms. The number of halogens is 1. The van der Waals surface area contributed by atoms with Crippen molar-refractivity contribution in [3.8, 4) is 0 Å². The summed E-state index contributed by atoms with van der Waals surface area (Å²) in [7, 11) is 1.80. The number of hydrogen-bond acceptors (Lipinski definition) is 4. The predicted octanol–water partition coefficient (Wildman–Crippen LogP) is 1.72. The van der Waals surface area contributed by atoms with Gasteiger partial charge in [0.2, 0.25) is 5.91 Å². The lowest BCUT2D eigenvalue weighted by molar-refractivity contribution is -0.118.